The minimum Gasteiger partial charge on any atom is -0.334 e. The predicted molar refractivity (Wildman–Crippen MR) is 122 cm³/mol. The lowest BCUT2D eigenvalue weighted by Gasteiger charge is -2.11. The monoisotopic (exact) mass is 474 g/mol. The van der Waals surface area contributed by atoms with Gasteiger partial charge in [-0.2, -0.15) is 9.97 Å². The van der Waals surface area contributed by atoms with Crippen molar-refractivity contribution in [3.05, 3.63) is 62.0 Å². The number of aromatic amines is 1. The molecule has 33 heavy (non-hydrogen) atoms. The van der Waals surface area contributed by atoms with Crippen LogP contribution in [0.15, 0.2) is 38.4 Å². The molecule has 0 atom stereocenters. The molecule has 9 nitrogen and oxygen atoms in total. The van der Waals surface area contributed by atoms with Crippen LogP contribution in [0.5, 0.6) is 0 Å². The van der Waals surface area contributed by atoms with Gasteiger partial charge in [0.2, 0.25) is 5.28 Å². The van der Waals surface area contributed by atoms with Crippen LogP contribution in [0.25, 0.3) is 22.6 Å². The van der Waals surface area contributed by atoms with E-state index in [0.717, 1.165) is 19.3 Å². The van der Waals surface area contributed by atoms with Crippen molar-refractivity contribution in [2.75, 3.05) is 0 Å². The summed E-state index contributed by atoms with van der Waals surface area (Å²) in [6.07, 6.45) is 4.39. The van der Waals surface area contributed by atoms with E-state index in [1.807, 2.05) is 0 Å². The molecule has 0 aliphatic carbocycles. The maximum absolute atomic E-state index is 13.9. The predicted octanol–water partition coefficient (Wildman–Crippen LogP) is 3.94. The molecule has 0 saturated carbocycles. The maximum Gasteiger partial charge on any atom is 0.332 e. The normalized spacial score (nSPS) is 11.5. The number of aryl methyl sites for hydroxylation is 2. The molecule has 0 spiro atoms. The molecule has 4 aromatic rings. The van der Waals surface area contributed by atoms with Gasteiger partial charge in [-0.3, -0.25) is 13.9 Å². The summed E-state index contributed by atoms with van der Waals surface area (Å²) in [6.45, 7) is 2.77. The first-order valence-corrected chi connectivity index (χ1v) is 11.3. The summed E-state index contributed by atoms with van der Waals surface area (Å²) in [5.74, 6) is 0.126. The summed E-state index contributed by atoms with van der Waals surface area (Å²) < 4.78 is 21.8. The first-order chi connectivity index (χ1) is 16.0. The number of benzene rings is 1. The average Bonchev–Trinajstić information content (AvgIpc) is 3.42. The van der Waals surface area contributed by atoms with Gasteiger partial charge in [-0.1, -0.05) is 37.1 Å². The van der Waals surface area contributed by atoms with Gasteiger partial charge in [0.25, 0.3) is 11.4 Å². The highest BCUT2D eigenvalue weighted by Gasteiger charge is 2.17. The van der Waals surface area contributed by atoms with Crippen LogP contribution in [0.1, 0.15) is 44.9 Å². The number of aromatic nitrogens is 6. The fraction of sp³-hybridized carbons (Fsp3) is 0.409. The standard InChI is InChI=1S/C22H24ClFN6O3/c1-2-3-7-12-29-18-17(26-21(23)27-18)20(31)30(22(29)32)13-8-6-11-16-25-19(33-28-16)14-9-4-5-10-15(14)24/h4-5,9-10H,2-3,6-8,11-13H2,1H3,(H,26,27). The Hall–Kier alpha value is -3.27. The first-order valence-electron chi connectivity index (χ1n) is 11.0. The van der Waals surface area contributed by atoms with Gasteiger partial charge < -0.3 is 9.51 Å². The summed E-state index contributed by atoms with van der Waals surface area (Å²) in [6, 6.07) is 6.18. The molecule has 1 N–H and O–H groups in total. The number of hydrogen-bond donors (Lipinski definition) is 1. The lowest BCUT2D eigenvalue weighted by atomic mass is 10.2. The first kappa shape index (κ1) is 22.9. The second-order valence-electron chi connectivity index (χ2n) is 7.78. The number of rotatable bonds is 10. The van der Waals surface area contributed by atoms with Crippen LogP contribution in [-0.4, -0.2) is 29.2 Å². The van der Waals surface area contributed by atoms with Crippen LogP contribution in [0, 0.1) is 5.82 Å². The van der Waals surface area contributed by atoms with E-state index >= 15 is 0 Å². The van der Waals surface area contributed by atoms with Gasteiger partial charge in [0.1, 0.15) is 5.82 Å². The van der Waals surface area contributed by atoms with E-state index in [2.05, 4.69) is 27.0 Å². The number of fused-ring (bicyclic) bond motifs is 1. The Morgan fingerprint density at radius 2 is 1.82 bits per heavy atom. The van der Waals surface area contributed by atoms with Crippen molar-refractivity contribution in [3.8, 4) is 11.5 Å². The minimum atomic E-state index is -0.442. The van der Waals surface area contributed by atoms with Gasteiger partial charge in [0.15, 0.2) is 17.0 Å². The molecule has 0 saturated heterocycles. The fourth-order valence-electron chi connectivity index (χ4n) is 3.71. The second-order valence-corrected chi connectivity index (χ2v) is 8.14. The molecular weight excluding hydrogens is 451 g/mol. The Morgan fingerprint density at radius 3 is 2.61 bits per heavy atom. The SMILES string of the molecule is CCCCCn1c(=O)n(CCCCc2noc(-c3ccccc3F)n2)c(=O)c2[nH]c(Cl)nc21. The van der Waals surface area contributed by atoms with Crippen LogP contribution in [0.4, 0.5) is 4.39 Å². The van der Waals surface area contributed by atoms with E-state index in [4.69, 9.17) is 16.1 Å². The molecule has 4 rings (SSSR count). The van der Waals surface area contributed by atoms with E-state index in [0.29, 0.717) is 31.6 Å². The van der Waals surface area contributed by atoms with Crippen LogP contribution in [0.3, 0.4) is 0 Å². The molecule has 1 aromatic carbocycles. The molecule has 0 bridgehead atoms. The number of hydrogen-bond acceptors (Lipinski definition) is 6. The zero-order chi connectivity index (χ0) is 23.4. The lowest BCUT2D eigenvalue weighted by Crippen LogP contribution is -2.40. The zero-order valence-corrected chi connectivity index (χ0v) is 18.9. The maximum atomic E-state index is 13.9. The smallest absolute Gasteiger partial charge is 0.332 e. The number of H-pyrrole nitrogens is 1. The number of unbranched alkanes of at least 4 members (excludes halogenated alkanes) is 3. The molecule has 0 unspecified atom stereocenters. The Bertz CT molecular complexity index is 1370. The second kappa shape index (κ2) is 10.1. The van der Waals surface area contributed by atoms with Crippen molar-refractivity contribution in [1.29, 1.82) is 0 Å². The van der Waals surface area contributed by atoms with Crippen molar-refractivity contribution < 1.29 is 8.91 Å². The van der Waals surface area contributed by atoms with Crippen molar-refractivity contribution in [2.45, 2.75) is 58.5 Å². The highest BCUT2D eigenvalue weighted by atomic mass is 35.5. The van der Waals surface area contributed by atoms with Crippen molar-refractivity contribution >= 4 is 22.8 Å². The van der Waals surface area contributed by atoms with E-state index < -0.39 is 17.1 Å². The Kier molecular flexibility index (Phi) is 7.02. The van der Waals surface area contributed by atoms with Crippen LogP contribution in [-0.2, 0) is 19.5 Å². The number of nitrogens with one attached hydrogen (secondary N) is 1. The third kappa shape index (κ3) is 4.90. The highest BCUT2D eigenvalue weighted by molar-refractivity contribution is 6.28. The third-order valence-electron chi connectivity index (χ3n) is 5.42. The number of halogens is 2. The number of nitrogens with zero attached hydrogens (tertiary/aromatic N) is 5. The van der Waals surface area contributed by atoms with Gasteiger partial charge >= 0.3 is 5.69 Å². The van der Waals surface area contributed by atoms with E-state index in [-0.39, 0.29) is 34.4 Å². The fourth-order valence-corrected chi connectivity index (χ4v) is 3.88. The van der Waals surface area contributed by atoms with Crippen molar-refractivity contribution in [3.63, 3.8) is 0 Å². The van der Waals surface area contributed by atoms with Crippen molar-refractivity contribution in [2.24, 2.45) is 0 Å². The van der Waals surface area contributed by atoms with E-state index in [1.165, 1.54) is 15.2 Å². The van der Waals surface area contributed by atoms with E-state index in [1.54, 1.807) is 18.2 Å². The molecule has 0 aliphatic rings. The van der Waals surface area contributed by atoms with Gasteiger partial charge in [0, 0.05) is 19.5 Å². The van der Waals surface area contributed by atoms with Crippen LogP contribution in [0.2, 0.25) is 5.28 Å². The zero-order valence-electron chi connectivity index (χ0n) is 18.2. The molecular formula is C22H24ClFN6O3. The highest BCUT2D eigenvalue weighted by Crippen LogP contribution is 2.20. The topological polar surface area (TPSA) is 112 Å². The van der Waals surface area contributed by atoms with Gasteiger partial charge in [-0.15, -0.1) is 0 Å². The summed E-state index contributed by atoms with van der Waals surface area (Å²) >= 11 is 5.97. The molecule has 174 valence electrons. The van der Waals surface area contributed by atoms with Crippen molar-refractivity contribution in [1.82, 2.24) is 29.2 Å². The Labute approximate surface area is 193 Å². The summed E-state index contributed by atoms with van der Waals surface area (Å²) in [5, 5.41) is 3.97. The molecule has 11 heteroatoms. The Morgan fingerprint density at radius 1 is 1.06 bits per heavy atom. The molecule has 3 aromatic heterocycles. The molecule has 0 aliphatic heterocycles. The molecule has 0 fully saturated rings. The number of imidazole rings is 1. The summed E-state index contributed by atoms with van der Waals surface area (Å²) in [7, 11) is 0. The summed E-state index contributed by atoms with van der Waals surface area (Å²) in [4.78, 5) is 37.0. The van der Waals surface area contributed by atoms with Crippen LogP contribution < -0.4 is 11.2 Å². The molecule has 3 heterocycles. The largest absolute Gasteiger partial charge is 0.334 e. The van der Waals surface area contributed by atoms with Crippen LogP contribution >= 0.6 is 11.6 Å². The van der Waals surface area contributed by atoms with Gasteiger partial charge in [-0.25, -0.2) is 9.18 Å². The molecule has 0 radical (unpaired) electrons. The Balaban J connectivity index is 1.46. The lowest BCUT2D eigenvalue weighted by molar-refractivity contribution is 0.418. The van der Waals surface area contributed by atoms with Gasteiger partial charge in [-0.05, 0) is 43.0 Å². The molecule has 0 amide bonds. The van der Waals surface area contributed by atoms with E-state index in [9.17, 15) is 14.0 Å². The summed E-state index contributed by atoms with van der Waals surface area (Å²) in [5.41, 5.74) is -0.0766. The average molecular weight is 475 g/mol. The quantitative estimate of drug-likeness (QED) is 0.275. The minimum absolute atomic E-state index is 0.0752. The third-order valence-corrected chi connectivity index (χ3v) is 5.60. The van der Waals surface area contributed by atoms with Gasteiger partial charge in [0.05, 0.1) is 5.56 Å².